The number of methoxy groups -OCH3 is 1. The predicted octanol–water partition coefficient (Wildman–Crippen LogP) is 1.26. The molecular formula is C26H34N6O7. The van der Waals surface area contributed by atoms with E-state index in [1.807, 2.05) is 6.07 Å². The number of rotatable bonds is 8. The molecule has 0 spiro atoms. The van der Waals surface area contributed by atoms with Gasteiger partial charge in [-0.05, 0) is 43.7 Å². The molecule has 2 saturated heterocycles. The van der Waals surface area contributed by atoms with Gasteiger partial charge in [0.1, 0.15) is 29.7 Å². The summed E-state index contributed by atoms with van der Waals surface area (Å²) in [5, 5.41) is 29.9. The number of aryl methyl sites for hydroxylation is 1. The summed E-state index contributed by atoms with van der Waals surface area (Å²) in [5.74, 6) is 2.16. The number of ether oxygens (including phenoxy) is 3. The summed E-state index contributed by atoms with van der Waals surface area (Å²) in [6.45, 7) is 0.820. The molecule has 0 saturated carbocycles. The van der Waals surface area contributed by atoms with E-state index < -0.39 is 31.1 Å². The molecule has 2 aliphatic heterocycles. The second kappa shape index (κ2) is 11.7. The number of nitrogens with zero attached hydrogens (tertiary/aromatic N) is 5. The normalized spacial score (nSPS) is 23.8. The number of benzene rings is 1. The van der Waals surface area contributed by atoms with Crippen molar-refractivity contribution in [1.82, 2.24) is 24.4 Å². The zero-order chi connectivity index (χ0) is 27.5. The van der Waals surface area contributed by atoms with E-state index in [0.717, 1.165) is 25.7 Å². The van der Waals surface area contributed by atoms with Gasteiger partial charge < -0.3 is 40.2 Å². The molecule has 1 aromatic carbocycles. The molecule has 2 aromatic heterocycles. The average Bonchev–Trinajstić information content (AvgIpc) is 3.49. The first-order valence-electron chi connectivity index (χ1n) is 13.1. The number of carbonyl (C=O) groups excluding carboxylic acids is 1. The van der Waals surface area contributed by atoms with E-state index >= 15 is 0 Å². The highest BCUT2D eigenvalue weighted by molar-refractivity contribution is 5.81. The first-order valence-corrected chi connectivity index (χ1v) is 13.1. The molecule has 0 aliphatic carbocycles. The van der Waals surface area contributed by atoms with Crippen LogP contribution in [-0.2, 0) is 11.2 Å². The average molecular weight is 543 g/mol. The van der Waals surface area contributed by atoms with Crippen LogP contribution in [0.4, 0.5) is 10.6 Å². The number of piperidine rings is 1. The smallest absolute Gasteiger partial charge is 0.415 e. The second-order valence-electron chi connectivity index (χ2n) is 9.92. The number of likely N-dealkylation sites (tertiary alicyclic amines) is 1. The van der Waals surface area contributed by atoms with E-state index in [2.05, 4.69) is 15.0 Å². The summed E-state index contributed by atoms with van der Waals surface area (Å²) in [6.07, 6.45) is 0.850. The van der Waals surface area contributed by atoms with Crippen LogP contribution in [0.5, 0.6) is 11.5 Å². The van der Waals surface area contributed by atoms with Crippen LogP contribution in [0.1, 0.15) is 37.7 Å². The van der Waals surface area contributed by atoms with Gasteiger partial charge in [0.25, 0.3) is 0 Å². The van der Waals surface area contributed by atoms with Gasteiger partial charge in [-0.3, -0.25) is 4.57 Å². The van der Waals surface area contributed by atoms with Gasteiger partial charge in [-0.1, -0.05) is 12.1 Å². The van der Waals surface area contributed by atoms with Gasteiger partial charge in [0, 0.05) is 19.5 Å². The van der Waals surface area contributed by atoms with Crippen LogP contribution in [0.25, 0.3) is 11.2 Å². The van der Waals surface area contributed by atoms with E-state index in [-0.39, 0.29) is 11.9 Å². The number of hydrogen-bond acceptors (Lipinski definition) is 11. The fraction of sp³-hybridized carbons (Fsp3) is 0.538. The highest BCUT2D eigenvalue weighted by Gasteiger charge is 2.44. The first kappa shape index (κ1) is 27.1. The van der Waals surface area contributed by atoms with Crippen molar-refractivity contribution >= 4 is 23.1 Å². The Kier molecular flexibility index (Phi) is 8.12. The Morgan fingerprint density at radius 2 is 1.90 bits per heavy atom. The zero-order valence-electron chi connectivity index (χ0n) is 21.7. The van der Waals surface area contributed by atoms with Gasteiger partial charge in [0.2, 0.25) is 0 Å². The van der Waals surface area contributed by atoms with Gasteiger partial charge in [-0.25, -0.2) is 19.7 Å². The lowest BCUT2D eigenvalue weighted by Gasteiger charge is -2.31. The molecule has 2 fully saturated rings. The molecule has 13 nitrogen and oxygen atoms in total. The lowest BCUT2D eigenvalue weighted by molar-refractivity contribution is -0.0511. The number of fused-ring (bicyclic) bond motifs is 1. The number of hydrogen-bond donors (Lipinski definition) is 4. The lowest BCUT2D eigenvalue weighted by Crippen LogP contribution is -2.40. The van der Waals surface area contributed by atoms with Crippen molar-refractivity contribution in [1.29, 1.82) is 0 Å². The van der Waals surface area contributed by atoms with Crippen molar-refractivity contribution in [3.8, 4) is 11.5 Å². The molecule has 0 unspecified atom stereocenters. The number of para-hydroxylation sites is 2. The molecule has 4 heterocycles. The first-order chi connectivity index (χ1) is 18.9. The van der Waals surface area contributed by atoms with Crippen LogP contribution in [0.3, 0.4) is 0 Å². The van der Waals surface area contributed by atoms with Crippen LogP contribution in [0.15, 0.2) is 30.6 Å². The number of nitrogens with two attached hydrogens (primary N) is 1. The summed E-state index contributed by atoms with van der Waals surface area (Å²) < 4.78 is 17.9. The molecule has 0 bridgehead atoms. The van der Waals surface area contributed by atoms with Crippen molar-refractivity contribution in [3.63, 3.8) is 0 Å². The summed E-state index contributed by atoms with van der Waals surface area (Å²) in [4.78, 5) is 27.6. The highest BCUT2D eigenvalue weighted by Crippen LogP contribution is 2.32. The summed E-state index contributed by atoms with van der Waals surface area (Å²) in [6, 6.07) is 7.07. The van der Waals surface area contributed by atoms with Crippen LogP contribution in [0.2, 0.25) is 0 Å². The third kappa shape index (κ3) is 5.62. The van der Waals surface area contributed by atoms with Gasteiger partial charge in [-0.15, -0.1) is 0 Å². The van der Waals surface area contributed by atoms with E-state index in [1.54, 1.807) is 23.1 Å². The number of carbonyl (C=O) groups is 1. The minimum Gasteiger partial charge on any atom is -0.493 e. The molecule has 2 aliphatic rings. The maximum absolute atomic E-state index is 12.6. The number of anilines is 1. The van der Waals surface area contributed by atoms with Crippen molar-refractivity contribution in [2.45, 2.75) is 56.6 Å². The molecule has 4 atom stereocenters. The minimum absolute atomic E-state index is 0.224. The Morgan fingerprint density at radius 3 is 2.59 bits per heavy atom. The largest absolute Gasteiger partial charge is 0.493 e. The molecule has 3 aromatic rings. The van der Waals surface area contributed by atoms with Crippen molar-refractivity contribution in [3.05, 3.63) is 36.4 Å². The fourth-order valence-electron chi connectivity index (χ4n) is 5.21. The third-order valence-corrected chi connectivity index (χ3v) is 7.44. The zero-order valence-corrected chi connectivity index (χ0v) is 21.7. The summed E-state index contributed by atoms with van der Waals surface area (Å²) in [5.41, 5.74) is 6.92. The molecule has 13 heteroatoms. The molecule has 39 heavy (non-hydrogen) atoms. The fourth-order valence-corrected chi connectivity index (χ4v) is 5.21. The Balaban J connectivity index is 1.14. The topological polar surface area (TPSA) is 178 Å². The summed E-state index contributed by atoms with van der Waals surface area (Å²) in [7, 11) is 1.54. The van der Waals surface area contributed by atoms with E-state index in [4.69, 9.17) is 19.9 Å². The molecular weight excluding hydrogens is 508 g/mol. The van der Waals surface area contributed by atoms with Crippen LogP contribution >= 0.6 is 0 Å². The summed E-state index contributed by atoms with van der Waals surface area (Å²) >= 11 is 0. The van der Waals surface area contributed by atoms with Crippen LogP contribution in [-0.4, -0.2) is 90.9 Å². The van der Waals surface area contributed by atoms with Crippen LogP contribution in [0, 0.1) is 5.92 Å². The van der Waals surface area contributed by atoms with Gasteiger partial charge in [0.15, 0.2) is 29.2 Å². The van der Waals surface area contributed by atoms with E-state index in [1.165, 1.54) is 18.0 Å². The third-order valence-electron chi connectivity index (χ3n) is 7.44. The number of nitrogen functional groups attached to an aromatic ring is 1. The van der Waals surface area contributed by atoms with Crippen molar-refractivity contribution in [2.24, 2.45) is 5.92 Å². The number of imidazole rings is 1. The second-order valence-corrected chi connectivity index (χ2v) is 9.92. The molecule has 1 amide bonds. The number of aliphatic hydroxyl groups is 3. The van der Waals surface area contributed by atoms with Gasteiger partial charge in [0.05, 0.1) is 20.0 Å². The number of aliphatic hydroxyl groups excluding tert-OH is 3. The lowest BCUT2D eigenvalue weighted by atomic mass is 9.91. The Bertz CT molecular complexity index is 1300. The molecule has 0 radical (unpaired) electrons. The van der Waals surface area contributed by atoms with Crippen molar-refractivity contribution < 1.29 is 34.3 Å². The molecule has 5 N–H and O–H groups in total. The number of amides is 1. The quantitative estimate of drug-likeness (QED) is 0.322. The van der Waals surface area contributed by atoms with Crippen molar-refractivity contribution in [2.75, 3.05) is 32.5 Å². The predicted molar refractivity (Wildman–Crippen MR) is 139 cm³/mol. The SMILES string of the molecule is COc1ccccc1OC(=O)N1CCC(CCCc2nc(N)c3ncn([C@@H]4O[C@H](CO)[C@@H](O)[C@H]4O)c3n2)CC1. The Hall–Kier alpha value is -3.52. The number of aromatic nitrogens is 4. The molecule has 5 rings (SSSR count). The maximum Gasteiger partial charge on any atom is 0.415 e. The van der Waals surface area contributed by atoms with E-state index in [0.29, 0.717) is 53.9 Å². The van der Waals surface area contributed by atoms with E-state index in [9.17, 15) is 20.1 Å². The maximum atomic E-state index is 12.6. The van der Waals surface area contributed by atoms with Gasteiger partial charge >= 0.3 is 6.09 Å². The standard InChI is InChI=1S/C26H34N6O7/c1-37-16-6-2-3-7-17(16)39-26(36)31-11-9-15(10-12-31)5-4-8-19-29-23(27)20-24(30-19)32(14-28-20)25-22(35)21(34)18(13-33)38-25/h2-3,6-7,14-15,18,21-22,25,33-35H,4-5,8-13H2,1H3,(H2,27,29,30)/t18-,21-,22-,25-/m1/s1. The van der Waals surface area contributed by atoms with Crippen LogP contribution < -0.4 is 15.2 Å². The Morgan fingerprint density at radius 1 is 1.15 bits per heavy atom. The monoisotopic (exact) mass is 542 g/mol. The molecule has 210 valence electrons. The highest BCUT2D eigenvalue weighted by atomic mass is 16.6. The minimum atomic E-state index is -1.25. The Labute approximate surface area is 225 Å². The van der Waals surface area contributed by atoms with Gasteiger partial charge in [-0.2, -0.15) is 0 Å².